The van der Waals surface area contributed by atoms with Crippen molar-refractivity contribution in [2.24, 2.45) is 0 Å². The van der Waals surface area contributed by atoms with Gasteiger partial charge in [0, 0.05) is 42.6 Å². The maximum Gasteiger partial charge on any atom is 0.253 e. The smallest absolute Gasteiger partial charge is 0.253 e. The number of para-hydroxylation sites is 2. The number of hydrogen-bond acceptors (Lipinski definition) is 3. The molecule has 1 N–H and O–H groups in total. The van der Waals surface area contributed by atoms with Gasteiger partial charge < -0.3 is 15.1 Å². The van der Waals surface area contributed by atoms with Crippen molar-refractivity contribution in [3.8, 4) is 0 Å². The van der Waals surface area contributed by atoms with Crippen LogP contribution in [0, 0.1) is 0 Å². The summed E-state index contributed by atoms with van der Waals surface area (Å²) in [5.41, 5.74) is 8.24. The molecule has 1 saturated heterocycles. The van der Waals surface area contributed by atoms with Crippen molar-refractivity contribution in [3.05, 3.63) is 101 Å². The maximum absolute atomic E-state index is 12.9. The van der Waals surface area contributed by atoms with Crippen molar-refractivity contribution in [1.82, 2.24) is 10.2 Å². The normalized spacial score (nSPS) is 13.4. The molecule has 4 rings (SSSR count). The first kappa shape index (κ1) is 23.8. The summed E-state index contributed by atoms with van der Waals surface area (Å²) in [5.74, 6) is 0.0943. The second-order valence-corrected chi connectivity index (χ2v) is 8.70. The lowest BCUT2D eigenvalue weighted by molar-refractivity contribution is 0.0773. The number of carbonyl (C=O) groups is 1. The molecule has 0 radical (unpaired) electrons. The first-order valence-corrected chi connectivity index (χ1v) is 12.3. The van der Waals surface area contributed by atoms with E-state index in [-0.39, 0.29) is 5.91 Å². The van der Waals surface area contributed by atoms with Gasteiger partial charge in [0.15, 0.2) is 0 Å². The van der Waals surface area contributed by atoms with Crippen molar-refractivity contribution >= 4 is 22.9 Å². The fraction of sp³-hybridized carbons (Fsp3) is 0.300. The predicted molar refractivity (Wildman–Crippen MR) is 143 cm³/mol. The van der Waals surface area contributed by atoms with Crippen molar-refractivity contribution in [3.63, 3.8) is 0 Å². The molecule has 1 amide bonds. The maximum atomic E-state index is 12.9. The van der Waals surface area contributed by atoms with E-state index in [1.165, 1.54) is 28.0 Å². The van der Waals surface area contributed by atoms with Crippen LogP contribution in [0.1, 0.15) is 48.2 Å². The summed E-state index contributed by atoms with van der Waals surface area (Å²) in [6.07, 6.45) is 2.05. The molecule has 1 heterocycles. The van der Waals surface area contributed by atoms with Gasteiger partial charge in [-0.1, -0.05) is 54.1 Å². The minimum Gasteiger partial charge on any atom is -0.344 e. The number of carbonyl (C=O) groups excluding carboxylic acids is 1. The monoisotopic (exact) mass is 453 g/mol. The molecular formula is C30H35N3O. The van der Waals surface area contributed by atoms with Crippen LogP contribution in [0.3, 0.4) is 0 Å². The van der Waals surface area contributed by atoms with E-state index < -0.39 is 0 Å². The Morgan fingerprint density at radius 2 is 1.38 bits per heavy atom. The number of hydrogen-bond donors (Lipinski definition) is 1. The van der Waals surface area contributed by atoms with Gasteiger partial charge in [-0.2, -0.15) is 0 Å². The molecule has 34 heavy (non-hydrogen) atoms. The van der Waals surface area contributed by atoms with Crippen molar-refractivity contribution < 1.29 is 4.79 Å². The zero-order valence-electron chi connectivity index (χ0n) is 20.6. The Balaban J connectivity index is 1.79. The Morgan fingerprint density at radius 1 is 0.794 bits per heavy atom. The van der Waals surface area contributed by atoms with Gasteiger partial charge in [0.05, 0.1) is 0 Å². The highest BCUT2D eigenvalue weighted by atomic mass is 16.2. The zero-order valence-corrected chi connectivity index (χ0v) is 20.6. The van der Waals surface area contributed by atoms with Crippen LogP contribution in [0.5, 0.6) is 0 Å². The van der Waals surface area contributed by atoms with Crippen molar-refractivity contribution in [1.29, 1.82) is 0 Å². The largest absolute Gasteiger partial charge is 0.344 e. The van der Waals surface area contributed by atoms with Crippen LogP contribution in [-0.4, -0.2) is 44.0 Å². The van der Waals surface area contributed by atoms with Gasteiger partial charge in [-0.05, 0) is 81.2 Å². The van der Waals surface area contributed by atoms with Gasteiger partial charge in [-0.3, -0.25) is 4.79 Å². The van der Waals surface area contributed by atoms with Gasteiger partial charge >= 0.3 is 0 Å². The van der Waals surface area contributed by atoms with Crippen LogP contribution >= 0.6 is 0 Å². The Morgan fingerprint density at radius 3 is 2.03 bits per heavy atom. The third-order valence-corrected chi connectivity index (χ3v) is 6.71. The van der Waals surface area contributed by atoms with Gasteiger partial charge in [0.25, 0.3) is 5.91 Å². The Labute approximate surface area is 203 Å². The van der Waals surface area contributed by atoms with Gasteiger partial charge in [-0.15, -0.1) is 0 Å². The van der Waals surface area contributed by atoms with E-state index in [0.29, 0.717) is 0 Å². The summed E-state index contributed by atoms with van der Waals surface area (Å²) in [7, 11) is 2.13. The lowest BCUT2D eigenvalue weighted by atomic mass is 9.87. The Kier molecular flexibility index (Phi) is 7.81. The average molecular weight is 454 g/mol. The van der Waals surface area contributed by atoms with Crippen molar-refractivity contribution in [2.75, 3.05) is 38.1 Å². The molecule has 1 fully saturated rings. The number of anilines is 2. The third-order valence-electron chi connectivity index (χ3n) is 6.71. The number of amides is 1. The van der Waals surface area contributed by atoms with E-state index >= 15 is 0 Å². The van der Waals surface area contributed by atoms with E-state index in [9.17, 15) is 4.79 Å². The molecule has 4 heteroatoms. The van der Waals surface area contributed by atoms with Crippen LogP contribution in [0.15, 0.2) is 84.4 Å². The molecule has 3 aromatic carbocycles. The van der Waals surface area contributed by atoms with Crippen LogP contribution < -0.4 is 10.2 Å². The van der Waals surface area contributed by atoms with E-state index in [1.54, 1.807) is 0 Å². The molecule has 0 atom stereocenters. The molecular weight excluding hydrogens is 418 g/mol. The van der Waals surface area contributed by atoms with E-state index in [1.807, 2.05) is 36.9 Å². The molecule has 3 aromatic rings. The third kappa shape index (κ3) is 5.07. The molecule has 0 bridgehead atoms. The fourth-order valence-electron chi connectivity index (χ4n) is 4.77. The minimum atomic E-state index is 0.0943. The number of nitrogens with zero attached hydrogens (tertiary/aromatic N) is 2. The quantitative estimate of drug-likeness (QED) is 0.468. The second kappa shape index (κ2) is 11.2. The highest BCUT2D eigenvalue weighted by molar-refractivity contribution is 5.95. The van der Waals surface area contributed by atoms with Gasteiger partial charge in [0.1, 0.15) is 0 Å². The summed E-state index contributed by atoms with van der Waals surface area (Å²) in [6.45, 7) is 7.48. The SMILES string of the molecule is CCN(CC)C(=O)c1ccc(C(=C2CCNCC2)c2ccccc2N(C)c2ccccc2)cc1. The highest BCUT2D eigenvalue weighted by Gasteiger charge is 2.20. The van der Waals surface area contributed by atoms with Crippen LogP contribution in [0.25, 0.3) is 5.57 Å². The summed E-state index contributed by atoms with van der Waals surface area (Å²) in [5, 5.41) is 3.49. The average Bonchev–Trinajstić information content (AvgIpc) is 2.91. The number of piperidine rings is 1. The molecule has 0 spiro atoms. The molecule has 4 nitrogen and oxygen atoms in total. The van der Waals surface area contributed by atoms with E-state index in [2.05, 4.69) is 77.9 Å². The summed E-state index contributed by atoms with van der Waals surface area (Å²) >= 11 is 0. The lowest BCUT2D eigenvalue weighted by Gasteiger charge is -2.27. The summed E-state index contributed by atoms with van der Waals surface area (Å²) < 4.78 is 0. The second-order valence-electron chi connectivity index (χ2n) is 8.70. The molecule has 0 saturated carbocycles. The van der Waals surface area contributed by atoms with Gasteiger partial charge in [0.2, 0.25) is 0 Å². The topological polar surface area (TPSA) is 35.6 Å². The van der Waals surface area contributed by atoms with Crippen LogP contribution in [0.4, 0.5) is 11.4 Å². The van der Waals surface area contributed by atoms with Gasteiger partial charge in [-0.25, -0.2) is 0 Å². The molecule has 0 aromatic heterocycles. The molecule has 0 aliphatic carbocycles. The number of nitrogens with one attached hydrogen (secondary N) is 1. The standard InChI is InChI=1S/C30H35N3O/c1-4-33(5-2)30(34)25-17-15-23(16-18-25)29(24-19-21-31-22-20-24)27-13-9-10-14-28(27)32(3)26-11-7-6-8-12-26/h6-18,31H,4-5,19-22H2,1-3H3. The lowest BCUT2D eigenvalue weighted by Crippen LogP contribution is -2.30. The summed E-state index contributed by atoms with van der Waals surface area (Å²) in [4.78, 5) is 17.0. The molecule has 0 unspecified atom stereocenters. The Bertz CT molecular complexity index is 1120. The van der Waals surface area contributed by atoms with Crippen LogP contribution in [-0.2, 0) is 0 Å². The first-order chi connectivity index (χ1) is 16.6. The fourth-order valence-corrected chi connectivity index (χ4v) is 4.77. The highest BCUT2D eigenvalue weighted by Crippen LogP contribution is 2.38. The molecule has 176 valence electrons. The van der Waals surface area contributed by atoms with E-state index in [0.717, 1.165) is 50.3 Å². The molecule has 1 aliphatic rings. The van der Waals surface area contributed by atoms with Crippen LogP contribution in [0.2, 0.25) is 0 Å². The summed E-state index contributed by atoms with van der Waals surface area (Å²) in [6, 6.07) is 27.4. The Hall–Kier alpha value is -3.37. The van der Waals surface area contributed by atoms with Crippen molar-refractivity contribution in [2.45, 2.75) is 26.7 Å². The van der Waals surface area contributed by atoms with E-state index in [4.69, 9.17) is 0 Å². The zero-order chi connectivity index (χ0) is 23.9. The number of benzene rings is 3. The minimum absolute atomic E-state index is 0.0943. The predicted octanol–water partition coefficient (Wildman–Crippen LogP) is 6.12. The number of rotatable bonds is 7. The molecule has 1 aliphatic heterocycles. The first-order valence-electron chi connectivity index (χ1n) is 12.3.